The molecule has 2 N–H and O–H groups in total. The standard InChI is InChI=1S/C29H35N5O3/c1-18-5-6-20(26(35)31-22-8-9-22)16-24(18)19-7-10-25-21(15-19)17-30-27(32-25)34-13-11-23(12-14-34)37-28(36)33-29(2,3)4/h5-7,10,15-17,22-23H,8-9,11-14H2,1-4H3,(H,31,35)(H,33,36). The molecule has 2 aliphatic rings. The van der Waals surface area contributed by atoms with Crippen molar-refractivity contribution in [1.29, 1.82) is 0 Å². The Kier molecular flexibility index (Phi) is 6.75. The predicted octanol–water partition coefficient (Wildman–Crippen LogP) is 4.99. The number of nitrogens with one attached hydrogen (secondary N) is 2. The van der Waals surface area contributed by atoms with Gasteiger partial charge in [-0.25, -0.2) is 14.8 Å². The quantitative estimate of drug-likeness (QED) is 0.511. The van der Waals surface area contributed by atoms with Crippen LogP contribution < -0.4 is 15.5 Å². The number of carbonyl (C=O) groups is 2. The van der Waals surface area contributed by atoms with Crippen LogP contribution in [0.25, 0.3) is 22.0 Å². The zero-order valence-electron chi connectivity index (χ0n) is 22.0. The Morgan fingerprint density at radius 1 is 1.03 bits per heavy atom. The third kappa shape index (κ3) is 6.18. The third-order valence-electron chi connectivity index (χ3n) is 6.77. The molecule has 2 fully saturated rings. The first-order valence-corrected chi connectivity index (χ1v) is 13.1. The van der Waals surface area contributed by atoms with E-state index in [1.165, 1.54) is 0 Å². The molecule has 194 valence electrons. The first kappa shape index (κ1) is 25.0. The third-order valence-corrected chi connectivity index (χ3v) is 6.77. The normalized spacial score (nSPS) is 16.5. The average Bonchev–Trinajstić information content (AvgIpc) is 3.67. The minimum absolute atomic E-state index is 0.0125. The smallest absolute Gasteiger partial charge is 0.407 e. The summed E-state index contributed by atoms with van der Waals surface area (Å²) in [5, 5.41) is 6.86. The molecule has 0 unspecified atom stereocenters. The van der Waals surface area contributed by atoms with Gasteiger partial charge < -0.3 is 20.3 Å². The lowest BCUT2D eigenvalue weighted by Crippen LogP contribution is -2.44. The van der Waals surface area contributed by atoms with Crippen LogP contribution in [0.15, 0.2) is 42.6 Å². The number of aromatic nitrogens is 2. The van der Waals surface area contributed by atoms with Gasteiger partial charge in [-0.05, 0) is 81.5 Å². The second kappa shape index (κ2) is 10.00. The van der Waals surface area contributed by atoms with E-state index < -0.39 is 0 Å². The van der Waals surface area contributed by atoms with E-state index in [9.17, 15) is 9.59 Å². The number of ether oxygens (including phenoxy) is 1. The Bertz CT molecular complexity index is 1320. The van der Waals surface area contributed by atoms with Crippen LogP contribution in [0, 0.1) is 6.92 Å². The molecule has 1 aromatic heterocycles. The Balaban J connectivity index is 1.26. The number of fused-ring (bicyclic) bond motifs is 1. The molecule has 1 saturated heterocycles. The summed E-state index contributed by atoms with van der Waals surface area (Å²) in [6.45, 7) is 9.32. The van der Waals surface area contributed by atoms with E-state index in [-0.39, 0.29) is 23.6 Å². The molecule has 0 atom stereocenters. The average molecular weight is 502 g/mol. The number of piperidine rings is 1. The maximum absolute atomic E-state index is 12.6. The minimum atomic E-state index is -0.368. The molecule has 0 radical (unpaired) electrons. The van der Waals surface area contributed by atoms with Crippen LogP contribution in [0.3, 0.4) is 0 Å². The van der Waals surface area contributed by atoms with Crippen LogP contribution in [0.4, 0.5) is 10.7 Å². The minimum Gasteiger partial charge on any atom is -0.446 e. The van der Waals surface area contributed by atoms with Gasteiger partial charge in [0.15, 0.2) is 0 Å². The molecule has 0 spiro atoms. The maximum Gasteiger partial charge on any atom is 0.407 e. The van der Waals surface area contributed by atoms with Crippen LogP contribution in [-0.2, 0) is 4.74 Å². The molecule has 1 aliphatic carbocycles. The second-order valence-electron chi connectivity index (χ2n) is 11.2. The maximum atomic E-state index is 12.6. The Morgan fingerprint density at radius 3 is 2.49 bits per heavy atom. The highest BCUT2D eigenvalue weighted by molar-refractivity contribution is 5.96. The van der Waals surface area contributed by atoms with Crippen LogP contribution in [0.5, 0.6) is 0 Å². The number of rotatable bonds is 5. The van der Waals surface area contributed by atoms with Gasteiger partial charge in [-0.1, -0.05) is 12.1 Å². The summed E-state index contributed by atoms with van der Waals surface area (Å²) < 4.78 is 5.59. The van der Waals surface area contributed by atoms with Crippen LogP contribution in [-0.4, -0.2) is 52.7 Å². The number of aryl methyl sites for hydroxylation is 1. The van der Waals surface area contributed by atoms with Gasteiger partial charge in [-0.15, -0.1) is 0 Å². The van der Waals surface area contributed by atoms with E-state index in [1.54, 1.807) is 0 Å². The van der Waals surface area contributed by atoms with Gasteiger partial charge in [-0.3, -0.25) is 4.79 Å². The van der Waals surface area contributed by atoms with Crippen LogP contribution in [0.1, 0.15) is 62.4 Å². The highest BCUT2D eigenvalue weighted by Crippen LogP contribution is 2.29. The SMILES string of the molecule is Cc1ccc(C(=O)NC2CC2)cc1-c1ccc2nc(N3CCC(OC(=O)NC(C)(C)C)CC3)ncc2c1. The topological polar surface area (TPSA) is 96.5 Å². The summed E-state index contributed by atoms with van der Waals surface area (Å²) >= 11 is 0. The zero-order chi connectivity index (χ0) is 26.2. The highest BCUT2D eigenvalue weighted by Gasteiger charge is 2.26. The fraction of sp³-hybridized carbons (Fsp3) is 0.448. The lowest BCUT2D eigenvalue weighted by Gasteiger charge is -2.32. The van der Waals surface area contributed by atoms with Crippen molar-refractivity contribution in [3.8, 4) is 11.1 Å². The van der Waals surface area contributed by atoms with Crippen molar-refractivity contribution in [3.63, 3.8) is 0 Å². The molecule has 2 amide bonds. The molecule has 2 aromatic carbocycles. The predicted molar refractivity (Wildman–Crippen MR) is 145 cm³/mol. The number of benzene rings is 2. The van der Waals surface area contributed by atoms with Gasteiger partial charge in [0.05, 0.1) is 5.52 Å². The van der Waals surface area contributed by atoms with Crippen molar-refractivity contribution in [3.05, 3.63) is 53.7 Å². The van der Waals surface area contributed by atoms with Crippen molar-refractivity contribution in [2.45, 2.75) is 71.1 Å². The van der Waals surface area contributed by atoms with Gasteiger partial charge in [0, 0.05) is 54.7 Å². The van der Waals surface area contributed by atoms with E-state index in [0.717, 1.165) is 66.4 Å². The number of hydrogen-bond acceptors (Lipinski definition) is 6. The van der Waals surface area contributed by atoms with Gasteiger partial charge in [0.2, 0.25) is 5.95 Å². The molecular weight excluding hydrogens is 466 g/mol. The monoisotopic (exact) mass is 501 g/mol. The lowest BCUT2D eigenvalue weighted by atomic mass is 9.97. The molecular formula is C29H35N5O3. The van der Waals surface area contributed by atoms with E-state index in [4.69, 9.17) is 9.72 Å². The van der Waals surface area contributed by atoms with Crippen molar-refractivity contribution < 1.29 is 14.3 Å². The van der Waals surface area contributed by atoms with Crippen LogP contribution >= 0.6 is 0 Å². The highest BCUT2D eigenvalue weighted by atomic mass is 16.6. The fourth-order valence-electron chi connectivity index (χ4n) is 4.57. The molecule has 37 heavy (non-hydrogen) atoms. The summed E-state index contributed by atoms with van der Waals surface area (Å²) in [6, 6.07) is 12.3. The molecule has 3 aromatic rings. The van der Waals surface area contributed by atoms with E-state index in [2.05, 4.69) is 39.6 Å². The fourth-order valence-corrected chi connectivity index (χ4v) is 4.57. The van der Waals surface area contributed by atoms with E-state index in [0.29, 0.717) is 17.6 Å². The van der Waals surface area contributed by atoms with Gasteiger partial charge in [0.25, 0.3) is 5.91 Å². The number of hydrogen-bond donors (Lipinski definition) is 2. The Morgan fingerprint density at radius 2 is 1.78 bits per heavy atom. The molecule has 2 heterocycles. The van der Waals surface area contributed by atoms with Crippen molar-refractivity contribution in [2.24, 2.45) is 0 Å². The van der Waals surface area contributed by atoms with Gasteiger partial charge in [0.1, 0.15) is 6.10 Å². The first-order chi connectivity index (χ1) is 17.6. The molecule has 0 bridgehead atoms. The Labute approximate surface area is 217 Å². The molecule has 8 heteroatoms. The zero-order valence-corrected chi connectivity index (χ0v) is 22.0. The van der Waals surface area contributed by atoms with Gasteiger partial charge >= 0.3 is 6.09 Å². The van der Waals surface area contributed by atoms with Gasteiger partial charge in [-0.2, -0.15) is 0 Å². The first-order valence-electron chi connectivity index (χ1n) is 13.1. The summed E-state index contributed by atoms with van der Waals surface area (Å²) in [7, 11) is 0. The lowest BCUT2D eigenvalue weighted by molar-refractivity contribution is 0.0775. The number of alkyl carbamates (subject to hydrolysis) is 1. The van der Waals surface area contributed by atoms with E-state index >= 15 is 0 Å². The van der Waals surface area contributed by atoms with E-state index in [1.807, 2.05) is 51.2 Å². The number of amides is 2. The van der Waals surface area contributed by atoms with Crippen molar-refractivity contribution in [1.82, 2.24) is 20.6 Å². The largest absolute Gasteiger partial charge is 0.446 e. The second-order valence-corrected chi connectivity index (χ2v) is 11.2. The van der Waals surface area contributed by atoms with Crippen molar-refractivity contribution in [2.75, 3.05) is 18.0 Å². The Hall–Kier alpha value is -3.68. The summed E-state index contributed by atoms with van der Waals surface area (Å²) in [4.78, 5) is 36.2. The summed E-state index contributed by atoms with van der Waals surface area (Å²) in [5.74, 6) is 0.675. The number of nitrogens with zero attached hydrogens (tertiary/aromatic N) is 3. The van der Waals surface area contributed by atoms with Crippen molar-refractivity contribution >= 4 is 28.9 Å². The van der Waals surface area contributed by atoms with Crippen LogP contribution in [0.2, 0.25) is 0 Å². The summed E-state index contributed by atoms with van der Waals surface area (Å²) in [5.41, 5.74) is 4.42. The molecule has 8 nitrogen and oxygen atoms in total. The summed E-state index contributed by atoms with van der Waals surface area (Å²) in [6.07, 6.45) is 5.00. The molecule has 5 rings (SSSR count). The molecule has 1 saturated carbocycles. The number of carbonyl (C=O) groups excluding carboxylic acids is 2. The number of anilines is 1. The molecule has 1 aliphatic heterocycles.